The largest absolute Gasteiger partial charge is 0.454 e. The number of aryl methyl sites for hydroxylation is 1. The fraction of sp³-hybridized carbons (Fsp3) is 0.0435. The Morgan fingerprint density at radius 3 is 2.12 bits per heavy atom. The first-order valence-corrected chi connectivity index (χ1v) is 8.47. The van der Waals surface area contributed by atoms with Gasteiger partial charge in [0.25, 0.3) is 0 Å². The number of nitrogens with one attached hydrogen (secondary N) is 1. The fourth-order valence-corrected chi connectivity index (χ4v) is 3.64. The first-order valence-electron chi connectivity index (χ1n) is 8.47. The minimum Gasteiger partial charge on any atom is -0.454 e. The number of anilines is 2. The van der Waals surface area contributed by atoms with E-state index in [2.05, 4.69) is 60.8 Å². The minimum absolute atomic E-state index is 0.918. The summed E-state index contributed by atoms with van der Waals surface area (Å²) in [5, 5.41) is 8.39. The molecule has 1 N–H and O–H groups in total. The molecule has 0 fully saturated rings. The molecule has 120 valence electrons. The Morgan fingerprint density at radius 2 is 1.32 bits per heavy atom. The summed E-state index contributed by atoms with van der Waals surface area (Å²) in [5.74, 6) is 0. The van der Waals surface area contributed by atoms with Gasteiger partial charge in [0.2, 0.25) is 0 Å². The maximum absolute atomic E-state index is 6.28. The lowest BCUT2D eigenvalue weighted by Crippen LogP contribution is -1.95. The number of hydrogen-bond acceptors (Lipinski definition) is 2. The number of fused-ring (bicyclic) bond motifs is 5. The maximum Gasteiger partial charge on any atom is 0.159 e. The van der Waals surface area contributed by atoms with Crippen LogP contribution in [0.3, 0.4) is 0 Å². The molecule has 0 spiro atoms. The quantitative estimate of drug-likeness (QED) is 0.387. The third-order valence-electron chi connectivity index (χ3n) is 4.84. The van der Waals surface area contributed by atoms with Crippen LogP contribution in [0, 0.1) is 6.92 Å². The Labute approximate surface area is 145 Å². The summed E-state index contributed by atoms with van der Waals surface area (Å²) in [6.07, 6.45) is 0. The third kappa shape index (κ3) is 2.11. The van der Waals surface area contributed by atoms with Crippen molar-refractivity contribution >= 4 is 44.1 Å². The highest BCUT2D eigenvalue weighted by Crippen LogP contribution is 2.42. The van der Waals surface area contributed by atoms with Crippen LogP contribution in [0.1, 0.15) is 5.56 Å². The van der Waals surface area contributed by atoms with Crippen molar-refractivity contribution in [1.29, 1.82) is 0 Å². The van der Waals surface area contributed by atoms with Gasteiger partial charge in [-0.25, -0.2) is 0 Å². The lowest BCUT2D eigenvalue weighted by Gasteiger charge is -2.13. The van der Waals surface area contributed by atoms with Crippen LogP contribution in [0.2, 0.25) is 0 Å². The summed E-state index contributed by atoms with van der Waals surface area (Å²) in [4.78, 5) is 0. The maximum atomic E-state index is 6.28. The Hall–Kier alpha value is -3.26. The Bertz CT molecular complexity index is 1220. The second-order valence-corrected chi connectivity index (χ2v) is 6.34. The minimum atomic E-state index is 0.918. The van der Waals surface area contributed by atoms with Gasteiger partial charge in [0.05, 0.1) is 5.69 Å². The van der Waals surface area contributed by atoms with Crippen molar-refractivity contribution in [2.75, 3.05) is 5.32 Å². The fourth-order valence-electron chi connectivity index (χ4n) is 3.64. The monoisotopic (exact) mass is 323 g/mol. The van der Waals surface area contributed by atoms with E-state index >= 15 is 0 Å². The highest BCUT2D eigenvalue weighted by molar-refractivity contribution is 6.23. The second-order valence-electron chi connectivity index (χ2n) is 6.34. The van der Waals surface area contributed by atoms with Crippen molar-refractivity contribution in [2.45, 2.75) is 6.92 Å². The number of hydrogen-bond donors (Lipinski definition) is 1. The SMILES string of the molecule is Cc1c(Nc2ccccc2)c2oc3ccccc3c2c2ccccc12. The number of benzene rings is 4. The van der Waals surface area contributed by atoms with E-state index in [0.717, 1.165) is 27.9 Å². The number of furan rings is 1. The second kappa shape index (κ2) is 5.38. The molecule has 0 aliphatic rings. The van der Waals surface area contributed by atoms with E-state index < -0.39 is 0 Å². The van der Waals surface area contributed by atoms with E-state index in [1.807, 2.05) is 30.3 Å². The molecule has 2 heteroatoms. The van der Waals surface area contributed by atoms with E-state index in [1.54, 1.807) is 0 Å². The number of para-hydroxylation sites is 2. The standard InChI is InChI=1S/C23H17NO/c1-15-17-11-5-6-12-18(17)21-19-13-7-8-14-20(19)25-23(21)22(15)24-16-9-3-2-4-10-16/h2-14,24H,1H3. The van der Waals surface area contributed by atoms with Gasteiger partial charge in [-0.2, -0.15) is 0 Å². The third-order valence-corrected chi connectivity index (χ3v) is 4.84. The molecule has 0 aliphatic heterocycles. The van der Waals surface area contributed by atoms with Crippen LogP contribution in [0.15, 0.2) is 83.3 Å². The van der Waals surface area contributed by atoms with Gasteiger partial charge in [-0.15, -0.1) is 0 Å². The summed E-state index contributed by atoms with van der Waals surface area (Å²) in [6, 6.07) is 27.0. The molecule has 5 aromatic rings. The van der Waals surface area contributed by atoms with Gasteiger partial charge in [-0.3, -0.25) is 0 Å². The van der Waals surface area contributed by atoms with E-state index in [-0.39, 0.29) is 0 Å². The van der Waals surface area contributed by atoms with Crippen LogP contribution in [-0.4, -0.2) is 0 Å². The van der Waals surface area contributed by atoms with Crippen LogP contribution >= 0.6 is 0 Å². The summed E-state index contributed by atoms with van der Waals surface area (Å²) in [5.41, 5.74) is 5.13. The average molecular weight is 323 g/mol. The predicted molar refractivity (Wildman–Crippen MR) is 106 cm³/mol. The van der Waals surface area contributed by atoms with Gasteiger partial charge in [0.15, 0.2) is 5.58 Å². The Kier molecular flexibility index (Phi) is 3.04. The molecule has 4 aromatic carbocycles. The first kappa shape index (κ1) is 14.1. The normalized spacial score (nSPS) is 11.4. The van der Waals surface area contributed by atoms with Crippen molar-refractivity contribution in [3.05, 3.63) is 84.4 Å². The van der Waals surface area contributed by atoms with Crippen molar-refractivity contribution in [1.82, 2.24) is 0 Å². The summed E-state index contributed by atoms with van der Waals surface area (Å²) >= 11 is 0. The Balaban J connectivity index is 1.93. The summed E-state index contributed by atoms with van der Waals surface area (Å²) in [6.45, 7) is 2.15. The van der Waals surface area contributed by atoms with Gasteiger partial charge in [0.1, 0.15) is 5.58 Å². The van der Waals surface area contributed by atoms with E-state index in [4.69, 9.17) is 4.42 Å². The van der Waals surface area contributed by atoms with Gasteiger partial charge < -0.3 is 9.73 Å². The van der Waals surface area contributed by atoms with Crippen LogP contribution in [-0.2, 0) is 0 Å². The molecular weight excluding hydrogens is 306 g/mol. The molecule has 5 rings (SSSR count). The van der Waals surface area contributed by atoms with Crippen molar-refractivity contribution in [3.8, 4) is 0 Å². The topological polar surface area (TPSA) is 25.2 Å². The molecule has 0 saturated carbocycles. The van der Waals surface area contributed by atoms with Crippen molar-refractivity contribution in [3.63, 3.8) is 0 Å². The molecule has 1 aromatic heterocycles. The molecule has 25 heavy (non-hydrogen) atoms. The van der Waals surface area contributed by atoms with E-state index in [1.165, 1.54) is 21.7 Å². The van der Waals surface area contributed by atoms with E-state index in [9.17, 15) is 0 Å². The van der Waals surface area contributed by atoms with Crippen molar-refractivity contribution in [2.24, 2.45) is 0 Å². The lowest BCUT2D eigenvalue weighted by molar-refractivity contribution is 0.670. The van der Waals surface area contributed by atoms with Crippen molar-refractivity contribution < 1.29 is 4.42 Å². The summed E-state index contributed by atoms with van der Waals surface area (Å²) in [7, 11) is 0. The van der Waals surface area contributed by atoms with Crippen LogP contribution in [0.25, 0.3) is 32.7 Å². The first-order chi connectivity index (χ1) is 12.3. The molecule has 2 nitrogen and oxygen atoms in total. The molecule has 0 saturated heterocycles. The van der Waals surface area contributed by atoms with Gasteiger partial charge in [-0.1, -0.05) is 60.7 Å². The Morgan fingerprint density at radius 1 is 0.680 bits per heavy atom. The molecule has 0 bridgehead atoms. The van der Waals surface area contributed by atoms with Crippen LogP contribution in [0.5, 0.6) is 0 Å². The van der Waals surface area contributed by atoms with Gasteiger partial charge in [-0.05, 0) is 41.5 Å². The molecule has 1 heterocycles. The molecule has 0 amide bonds. The van der Waals surface area contributed by atoms with Crippen LogP contribution in [0.4, 0.5) is 11.4 Å². The molecule has 0 aliphatic carbocycles. The zero-order valence-electron chi connectivity index (χ0n) is 13.9. The molecule has 0 unspecified atom stereocenters. The highest BCUT2D eigenvalue weighted by atomic mass is 16.3. The smallest absolute Gasteiger partial charge is 0.159 e. The average Bonchev–Trinajstić information content (AvgIpc) is 3.05. The lowest BCUT2D eigenvalue weighted by atomic mass is 9.98. The predicted octanol–water partition coefficient (Wildman–Crippen LogP) is 6.79. The number of rotatable bonds is 2. The van der Waals surface area contributed by atoms with E-state index in [0.29, 0.717) is 0 Å². The molecule has 0 radical (unpaired) electrons. The summed E-state index contributed by atoms with van der Waals surface area (Å²) < 4.78 is 6.28. The molecular formula is C23H17NO. The highest BCUT2D eigenvalue weighted by Gasteiger charge is 2.17. The van der Waals surface area contributed by atoms with Gasteiger partial charge in [0, 0.05) is 16.5 Å². The zero-order chi connectivity index (χ0) is 16.8. The van der Waals surface area contributed by atoms with Gasteiger partial charge >= 0.3 is 0 Å². The zero-order valence-corrected chi connectivity index (χ0v) is 13.9. The van der Waals surface area contributed by atoms with Crippen LogP contribution < -0.4 is 5.32 Å². The molecule has 0 atom stereocenters.